The number of aliphatic hydroxyl groups is 1. The van der Waals surface area contributed by atoms with E-state index in [1.165, 1.54) is 11.8 Å². The second kappa shape index (κ2) is 27.4. The van der Waals surface area contributed by atoms with Gasteiger partial charge in [-0.15, -0.1) is 0 Å². The van der Waals surface area contributed by atoms with Crippen molar-refractivity contribution in [1.82, 2.24) is 42.1 Å². The third-order valence-corrected chi connectivity index (χ3v) is 11.3. The number of hydrogen-bond donors (Lipinski definition) is 10. The topological polar surface area (TPSA) is 308 Å². The number of benzene rings is 2. The average Bonchev–Trinajstić information content (AvgIpc) is 3.78. The van der Waals surface area contributed by atoms with Gasteiger partial charge in [0.15, 0.2) is 0 Å². The Hall–Kier alpha value is -6.41. The number of aliphatic hydroxyl groups excluding tert-OH is 1. The third kappa shape index (κ3) is 18.3. The minimum absolute atomic E-state index is 0.0316. The van der Waals surface area contributed by atoms with Gasteiger partial charge in [-0.05, 0) is 67.9 Å². The van der Waals surface area contributed by atoms with Gasteiger partial charge in [-0.1, -0.05) is 102 Å². The van der Waals surface area contributed by atoms with Crippen LogP contribution in [-0.2, 0) is 56.0 Å². The van der Waals surface area contributed by atoms with E-state index >= 15 is 0 Å². The summed E-state index contributed by atoms with van der Waals surface area (Å²) in [5.41, 5.74) is 7.81. The summed E-state index contributed by atoms with van der Waals surface area (Å²) in [7, 11) is 0. The van der Waals surface area contributed by atoms with Crippen LogP contribution >= 0.6 is 0 Å². The number of nitrogens with one attached hydrogen (secondary N) is 7. The van der Waals surface area contributed by atoms with E-state index in [1.54, 1.807) is 44.2 Å². The number of nitrogens with zero attached hydrogens (tertiary/aromatic N) is 1. The normalized spacial score (nSPS) is 16.6. The predicted molar refractivity (Wildman–Crippen MR) is 252 cm³/mol. The fourth-order valence-corrected chi connectivity index (χ4v) is 7.64. The van der Waals surface area contributed by atoms with E-state index in [0.717, 1.165) is 5.56 Å². The summed E-state index contributed by atoms with van der Waals surface area (Å²) in [6.45, 7) is 10.9. The smallest absolute Gasteiger partial charge is 0.326 e. The van der Waals surface area contributed by atoms with E-state index in [0.29, 0.717) is 12.0 Å². The summed E-state index contributed by atoms with van der Waals surface area (Å²) in [6, 6.07) is 10.0. The first-order chi connectivity index (χ1) is 32.1. The van der Waals surface area contributed by atoms with Crippen molar-refractivity contribution in [2.45, 2.75) is 135 Å². The van der Waals surface area contributed by atoms with Crippen LogP contribution in [0.15, 0.2) is 60.7 Å². The highest BCUT2D eigenvalue weighted by molar-refractivity contribution is 5.97. The third-order valence-electron chi connectivity index (χ3n) is 11.3. The van der Waals surface area contributed by atoms with Gasteiger partial charge in [-0.25, -0.2) is 4.79 Å². The highest BCUT2D eigenvalue weighted by Gasteiger charge is 2.38. The maximum absolute atomic E-state index is 14.2. The van der Waals surface area contributed by atoms with Crippen molar-refractivity contribution < 1.29 is 53.4 Å². The van der Waals surface area contributed by atoms with Gasteiger partial charge in [0.25, 0.3) is 0 Å². The van der Waals surface area contributed by atoms with Crippen LogP contribution in [0.1, 0.15) is 85.3 Å². The fourth-order valence-electron chi connectivity index (χ4n) is 7.64. The number of carbonyl (C=O) groups is 9. The zero-order chi connectivity index (χ0) is 50.7. The Kier molecular flexibility index (Phi) is 22.5. The lowest BCUT2D eigenvalue weighted by Gasteiger charge is -2.28. The van der Waals surface area contributed by atoms with E-state index in [2.05, 4.69) is 37.2 Å². The van der Waals surface area contributed by atoms with Crippen molar-refractivity contribution >= 4 is 53.2 Å². The molecule has 68 heavy (non-hydrogen) atoms. The molecule has 1 saturated heterocycles. The van der Waals surface area contributed by atoms with Crippen LogP contribution in [0.25, 0.3) is 0 Å². The van der Waals surface area contributed by atoms with Crippen molar-refractivity contribution in [2.75, 3.05) is 19.6 Å². The molecular weight excluding hydrogens is 879 g/mol. The van der Waals surface area contributed by atoms with Gasteiger partial charge in [-0.2, -0.15) is 0 Å². The van der Waals surface area contributed by atoms with Crippen molar-refractivity contribution in [1.29, 1.82) is 0 Å². The summed E-state index contributed by atoms with van der Waals surface area (Å²) >= 11 is 0. The number of amides is 8. The number of hydrogen-bond acceptors (Lipinski definition) is 11. The van der Waals surface area contributed by atoms with E-state index in [4.69, 9.17) is 5.73 Å². The minimum Gasteiger partial charge on any atom is -0.480 e. The molecule has 0 aliphatic carbocycles. The van der Waals surface area contributed by atoms with Gasteiger partial charge < -0.3 is 58.1 Å². The van der Waals surface area contributed by atoms with Gasteiger partial charge in [0.1, 0.15) is 36.3 Å². The SMILES string of the molecule is CC(C)C[C@H](NC(=O)[C@H](Cc1ccccc1)NC(=O)[C@H](CC(C)C)NC(=O)[C@@H](N)Cc1ccccc1)C(=O)NCC(=O)N1CCC[C@H]1C(=O)N[C@H](C(=O)NCC(=O)N[C@H](C(=O)O)C(C)C)[C@@H](C)O. The lowest BCUT2D eigenvalue weighted by atomic mass is 9.99. The maximum Gasteiger partial charge on any atom is 0.326 e. The molecule has 3 rings (SSSR count). The van der Waals surface area contributed by atoms with Gasteiger partial charge in [0.05, 0.1) is 25.2 Å². The molecule has 0 bridgehead atoms. The van der Waals surface area contributed by atoms with E-state index in [1.807, 2.05) is 58.0 Å². The summed E-state index contributed by atoms with van der Waals surface area (Å²) < 4.78 is 0. The highest BCUT2D eigenvalue weighted by Crippen LogP contribution is 2.18. The number of carboxylic acid groups (broad SMARTS) is 1. The number of carbonyl (C=O) groups excluding carboxylic acids is 8. The molecule has 1 heterocycles. The molecule has 20 nitrogen and oxygen atoms in total. The Bertz CT molecular complexity index is 2030. The highest BCUT2D eigenvalue weighted by atomic mass is 16.4. The number of likely N-dealkylation sites (tertiary alicyclic amines) is 1. The van der Waals surface area contributed by atoms with Crippen LogP contribution < -0.4 is 43.0 Å². The molecule has 374 valence electrons. The standard InChI is InChI=1S/C48H71N9O11/c1-27(2)21-34(43(62)51-26-39(60)57-20-14-19-37(57)46(65)56-41(30(7)58)47(66)50-25-38(59)55-40(29(5)6)48(67)68)53-45(64)36(24-32-17-12-9-13-18-32)54-44(63)35(22-28(3)4)52-42(61)33(49)23-31-15-10-8-11-16-31/h8-13,15-18,27-30,33-37,40-41,58H,14,19-26,49H2,1-7H3,(H,50,66)(H,51,62)(H,52,61)(H,53,64)(H,54,63)(H,55,59)(H,56,65)(H,67,68)/t30-,33+,34+,35+,36+,37+,40+,41+/m1/s1. The van der Waals surface area contributed by atoms with Crippen molar-refractivity contribution in [3.63, 3.8) is 0 Å². The van der Waals surface area contributed by atoms with Crippen LogP contribution in [0.4, 0.5) is 0 Å². The maximum atomic E-state index is 14.2. The summed E-state index contributed by atoms with van der Waals surface area (Å²) in [5, 5.41) is 37.7. The van der Waals surface area contributed by atoms with Crippen LogP contribution in [-0.4, -0.2) is 136 Å². The number of aliphatic carboxylic acids is 1. The molecule has 8 atom stereocenters. The van der Waals surface area contributed by atoms with Gasteiger partial charge in [0.2, 0.25) is 47.3 Å². The molecule has 2 aromatic carbocycles. The number of carboxylic acids is 1. The molecule has 20 heteroatoms. The van der Waals surface area contributed by atoms with Gasteiger partial charge in [-0.3, -0.25) is 38.4 Å². The Morgan fingerprint density at radius 2 is 1.12 bits per heavy atom. The molecule has 1 aliphatic rings. The number of rotatable bonds is 26. The first kappa shape index (κ1) is 55.9. The Labute approximate surface area is 398 Å². The number of nitrogens with two attached hydrogens (primary N) is 1. The molecule has 0 spiro atoms. The lowest BCUT2D eigenvalue weighted by Crippen LogP contribution is -2.59. The summed E-state index contributed by atoms with van der Waals surface area (Å²) in [4.78, 5) is 120. The van der Waals surface area contributed by atoms with E-state index in [-0.39, 0.29) is 50.5 Å². The first-order valence-corrected chi connectivity index (χ1v) is 23.2. The molecular formula is C48H71N9O11. The quantitative estimate of drug-likeness (QED) is 0.0580. The fraction of sp³-hybridized carbons (Fsp3) is 0.562. The van der Waals surface area contributed by atoms with Gasteiger partial charge in [0, 0.05) is 13.0 Å². The second-order valence-corrected chi connectivity index (χ2v) is 18.5. The molecule has 1 fully saturated rings. The van der Waals surface area contributed by atoms with Crippen molar-refractivity contribution in [3.05, 3.63) is 71.8 Å². The van der Waals surface area contributed by atoms with Crippen LogP contribution in [0, 0.1) is 17.8 Å². The molecule has 2 aromatic rings. The molecule has 0 aromatic heterocycles. The monoisotopic (exact) mass is 950 g/mol. The Morgan fingerprint density at radius 3 is 1.65 bits per heavy atom. The average molecular weight is 950 g/mol. The van der Waals surface area contributed by atoms with E-state index in [9.17, 15) is 53.4 Å². The van der Waals surface area contributed by atoms with Crippen LogP contribution in [0.2, 0.25) is 0 Å². The van der Waals surface area contributed by atoms with Crippen molar-refractivity contribution in [3.8, 4) is 0 Å². The lowest BCUT2D eigenvalue weighted by molar-refractivity contribution is -0.143. The summed E-state index contributed by atoms with van der Waals surface area (Å²) in [6.07, 6.45) is -0.134. The molecule has 1 aliphatic heterocycles. The largest absolute Gasteiger partial charge is 0.480 e. The van der Waals surface area contributed by atoms with Gasteiger partial charge >= 0.3 is 5.97 Å². The zero-order valence-electron chi connectivity index (χ0n) is 40.1. The Balaban J connectivity index is 1.69. The Morgan fingerprint density at radius 1 is 0.618 bits per heavy atom. The minimum atomic E-state index is -1.54. The first-order valence-electron chi connectivity index (χ1n) is 23.2. The second-order valence-electron chi connectivity index (χ2n) is 18.5. The molecule has 0 radical (unpaired) electrons. The van der Waals surface area contributed by atoms with Crippen LogP contribution in [0.3, 0.4) is 0 Å². The van der Waals surface area contributed by atoms with E-state index < -0.39 is 121 Å². The predicted octanol–water partition coefficient (Wildman–Crippen LogP) is -0.340. The zero-order valence-corrected chi connectivity index (χ0v) is 40.1. The summed E-state index contributed by atoms with van der Waals surface area (Å²) in [5.74, 6) is -7.48. The molecule has 11 N–H and O–H groups in total. The molecule has 0 saturated carbocycles. The van der Waals surface area contributed by atoms with Crippen LogP contribution in [0.5, 0.6) is 0 Å². The molecule has 8 amide bonds. The van der Waals surface area contributed by atoms with Crippen molar-refractivity contribution in [2.24, 2.45) is 23.5 Å². The molecule has 0 unspecified atom stereocenters.